The Labute approximate surface area is 126 Å². The zero-order valence-corrected chi connectivity index (χ0v) is 12.8. The van der Waals surface area contributed by atoms with E-state index in [2.05, 4.69) is 0 Å². The second-order valence-corrected chi connectivity index (χ2v) is 6.23. The third-order valence-electron chi connectivity index (χ3n) is 4.61. The Hall–Kier alpha value is -1.55. The number of phenolic OH excluding ortho intramolecular Hbond substituents is 1. The molecule has 1 aromatic rings. The van der Waals surface area contributed by atoms with E-state index in [4.69, 9.17) is 5.73 Å². The maximum absolute atomic E-state index is 12.9. The van der Waals surface area contributed by atoms with Crippen molar-refractivity contribution in [2.24, 2.45) is 11.1 Å². The normalized spacial score (nSPS) is 18.0. The minimum Gasteiger partial charge on any atom is -0.508 e. The highest BCUT2D eigenvalue weighted by Crippen LogP contribution is 2.36. The molecule has 0 unspecified atom stereocenters. The van der Waals surface area contributed by atoms with Gasteiger partial charge in [-0.1, -0.05) is 37.8 Å². The Morgan fingerprint density at radius 1 is 1.19 bits per heavy atom. The lowest BCUT2D eigenvalue weighted by Crippen LogP contribution is -2.46. The van der Waals surface area contributed by atoms with E-state index in [0.29, 0.717) is 13.1 Å². The van der Waals surface area contributed by atoms with Gasteiger partial charge in [0.05, 0.1) is 5.41 Å². The molecule has 21 heavy (non-hydrogen) atoms. The molecule has 116 valence electrons. The summed E-state index contributed by atoms with van der Waals surface area (Å²) in [6, 6.07) is 7.00. The van der Waals surface area contributed by atoms with E-state index in [1.165, 1.54) is 12.8 Å². The lowest BCUT2D eigenvalue weighted by atomic mass is 9.79. The first-order valence-corrected chi connectivity index (χ1v) is 7.81. The number of benzene rings is 1. The first kappa shape index (κ1) is 15.8. The lowest BCUT2D eigenvalue weighted by molar-refractivity contribution is -0.141. The molecule has 1 amide bonds. The molecule has 2 rings (SSSR count). The zero-order chi connectivity index (χ0) is 15.3. The Morgan fingerprint density at radius 2 is 1.76 bits per heavy atom. The van der Waals surface area contributed by atoms with Gasteiger partial charge in [0.15, 0.2) is 0 Å². The summed E-state index contributed by atoms with van der Waals surface area (Å²) in [6.07, 6.45) is 6.41. The second-order valence-electron chi connectivity index (χ2n) is 6.23. The molecule has 1 aliphatic rings. The van der Waals surface area contributed by atoms with Crippen LogP contribution in [0, 0.1) is 5.41 Å². The van der Waals surface area contributed by atoms with E-state index < -0.39 is 0 Å². The number of hydrogen-bond donors (Lipinski definition) is 2. The van der Waals surface area contributed by atoms with Crippen LogP contribution in [0.25, 0.3) is 0 Å². The molecular weight excluding hydrogens is 264 g/mol. The van der Waals surface area contributed by atoms with Crippen molar-refractivity contribution in [1.82, 2.24) is 4.90 Å². The molecule has 0 radical (unpaired) electrons. The lowest BCUT2D eigenvalue weighted by Gasteiger charge is -2.34. The van der Waals surface area contributed by atoms with E-state index in [-0.39, 0.29) is 17.1 Å². The molecule has 0 spiro atoms. The fourth-order valence-corrected chi connectivity index (χ4v) is 3.26. The summed E-state index contributed by atoms with van der Waals surface area (Å²) < 4.78 is 0. The molecule has 4 heteroatoms. The summed E-state index contributed by atoms with van der Waals surface area (Å²) in [7, 11) is 1.84. The summed E-state index contributed by atoms with van der Waals surface area (Å²) in [5.74, 6) is 0.412. The molecule has 1 aliphatic carbocycles. The number of nitrogens with two attached hydrogens (primary N) is 1. The van der Waals surface area contributed by atoms with Gasteiger partial charge in [0.2, 0.25) is 5.91 Å². The summed E-state index contributed by atoms with van der Waals surface area (Å²) in [5.41, 5.74) is 6.62. The minimum atomic E-state index is -0.373. The number of carbonyl (C=O) groups excluding carboxylic acids is 1. The van der Waals surface area contributed by atoms with Crippen molar-refractivity contribution < 1.29 is 9.90 Å². The van der Waals surface area contributed by atoms with Gasteiger partial charge in [-0.25, -0.2) is 0 Å². The van der Waals surface area contributed by atoms with E-state index in [0.717, 1.165) is 31.2 Å². The fraction of sp³-hybridized carbons (Fsp3) is 0.588. The van der Waals surface area contributed by atoms with E-state index in [1.807, 2.05) is 19.2 Å². The second kappa shape index (κ2) is 6.94. The van der Waals surface area contributed by atoms with Crippen LogP contribution in [0.1, 0.15) is 44.1 Å². The third kappa shape index (κ3) is 3.76. The summed E-state index contributed by atoms with van der Waals surface area (Å²) in [4.78, 5) is 14.7. The van der Waals surface area contributed by atoms with Gasteiger partial charge in [-0.15, -0.1) is 0 Å². The molecule has 0 bridgehead atoms. The standard InChI is InChI=1S/C17H26N2O2/c1-19(12-14-6-8-15(20)9-7-14)16(21)17(13-18)10-4-2-3-5-11-17/h6-9,20H,2-5,10-13,18H2,1H3. The van der Waals surface area contributed by atoms with Gasteiger partial charge < -0.3 is 15.7 Å². The molecule has 0 aromatic heterocycles. The van der Waals surface area contributed by atoms with E-state index >= 15 is 0 Å². The fourth-order valence-electron chi connectivity index (χ4n) is 3.26. The van der Waals surface area contributed by atoms with Crippen LogP contribution in [-0.2, 0) is 11.3 Å². The molecule has 0 aliphatic heterocycles. The predicted octanol–water partition coefficient (Wildman–Crippen LogP) is 2.65. The van der Waals surface area contributed by atoms with Gasteiger partial charge in [0.25, 0.3) is 0 Å². The van der Waals surface area contributed by atoms with Crippen LogP contribution >= 0.6 is 0 Å². The first-order chi connectivity index (χ1) is 10.1. The van der Waals surface area contributed by atoms with Gasteiger partial charge in [-0.2, -0.15) is 0 Å². The van der Waals surface area contributed by atoms with Gasteiger partial charge in [0.1, 0.15) is 5.75 Å². The van der Waals surface area contributed by atoms with Crippen molar-refractivity contribution in [3.8, 4) is 5.75 Å². The summed E-state index contributed by atoms with van der Waals surface area (Å²) >= 11 is 0. The molecule has 1 fully saturated rings. The predicted molar refractivity (Wildman–Crippen MR) is 83.8 cm³/mol. The van der Waals surface area contributed by atoms with Crippen LogP contribution < -0.4 is 5.73 Å². The van der Waals surface area contributed by atoms with Crippen LogP contribution in [0.4, 0.5) is 0 Å². The molecule has 0 atom stereocenters. The van der Waals surface area contributed by atoms with E-state index in [1.54, 1.807) is 17.0 Å². The Morgan fingerprint density at radius 3 is 2.29 bits per heavy atom. The molecule has 3 N–H and O–H groups in total. The number of amides is 1. The highest BCUT2D eigenvalue weighted by atomic mass is 16.3. The van der Waals surface area contributed by atoms with Crippen molar-refractivity contribution in [2.45, 2.75) is 45.1 Å². The summed E-state index contributed by atoms with van der Waals surface area (Å²) in [5, 5.41) is 9.32. The number of rotatable bonds is 4. The minimum absolute atomic E-state index is 0.167. The molecule has 4 nitrogen and oxygen atoms in total. The Kier molecular flexibility index (Phi) is 5.23. The van der Waals surface area contributed by atoms with Crippen molar-refractivity contribution in [2.75, 3.05) is 13.6 Å². The third-order valence-corrected chi connectivity index (χ3v) is 4.61. The smallest absolute Gasteiger partial charge is 0.230 e. The van der Waals surface area contributed by atoms with Crippen LogP contribution in [0.5, 0.6) is 5.75 Å². The number of hydrogen-bond acceptors (Lipinski definition) is 3. The summed E-state index contributed by atoms with van der Waals surface area (Å²) in [6.45, 7) is 0.993. The average Bonchev–Trinajstić information content (AvgIpc) is 2.75. The van der Waals surface area contributed by atoms with Gasteiger partial charge in [0, 0.05) is 20.1 Å². The van der Waals surface area contributed by atoms with Gasteiger partial charge in [-0.05, 0) is 30.5 Å². The van der Waals surface area contributed by atoms with Gasteiger partial charge >= 0.3 is 0 Å². The van der Waals surface area contributed by atoms with Crippen LogP contribution in [0.15, 0.2) is 24.3 Å². The molecule has 1 saturated carbocycles. The van der Waals surface area contributed by atoms with Crippen LogP contribution in [0.2, 0.25) is 0 Å². The molecule has 0 saturated heterocycles. The highest BCUT2D eigenvalue weighted by molar-refractivity contribution is 5.82. The topological polar surface area (TPSA) is 66.6 Å². The SMILES string of the molecule is CN(Cc1ccc(O)cc1)C(=O)C1(CN)CCCCCC1. The quantitative estimate of drug-likeness (QED) is 0.838. The van der Waals surface area contributed by atoms with E-state index in [9.17, 15) is 9.90 Å². The van der Waals surface area contributed by atoms with Crippen LogP contribution in [-0.4, -0.2) is 29.5 Å². The largest absolute Gasteiger partial charge is 0.508 e. The first-order valence-electron chi connectivity index (χ1n) is 7.81. The van der Waals surface area contributed by atoms with Crippen molar-refractivity contribution in [1.29, 1.82) is 0 Å². The number of carbonyl (C=O) groups is 1. The monoisotopic (exact) mass is 290 g/mol. The maximum atomic E-state index is 12.9. The van der Waals surface area contributed by atoms with Crippen LogP contribution in [0.3, 0.4) is 0 Å². The number of phenols is 1. The average molecular weight is 290 g/mol. The van der Waals surface area contributed by atoms with Crippen molar-refractivity contribution in [3.63, 3.8) is 0 Å². The number of aromatic hydroxyl groups is 1. The van der Waals surface area contributed by atoms with Crippen molar-refractivity contribution >= 4 is 5.91 Å². The molecular formula is C17H26N2O2. The molecule has 1 aromatic carbocycles. The van der Waals surface area contributed by atoms with Crippen molar-refractivity contribution in [3.05, 3.63) is 29.8 Å². The Bertz CT molecular complexity index is 462. The molecule has 0 heterocycles. The zero-order valence-electron chi connectivity index (χ0n) is 12.8. The maximum Gasteiger partial charge on any atom is 0.230 e. The number of nitrogens with zero attached hydrogens (tertiary/aromatic N) is 1. The Balaban J connectivity index is 2.07. The van der Waals surface area contributed by atoms with Gasteiger partial charge in [-0.3, -0.25) is 4.79 Å². The highest BCUT2D eigenvalue weighted by Gasteiger charge is 2.38.